The van der Waals surface area contributed by atoms with Crippen LogP contribution in [0.25, 0.3) is 0 Å². The third-order valence-corrected chi connectivity index (χ3v) is 2.31. The zero-order chi connectivity index (χ0) is 10.3. The normalized spacial score (nSPS) is 10.7. The Labute approximate surface area is 89.3 Å². The molecule has 2 aromatic heterocycles. The van der Waals surface area contributed by atoms with Crippen molar-refractivity contribution in [3.63, 3.8) is 0 Å². The molecule has 2 heterocycles. The lowest BCUT2D eigenvalue weighted by Gasteiger charge is -2.03. The van der Waals surface area contributed by atoms with Crippen molar-refractivity contribution in [2.24, 2.45) is 0 Å². The molecule has 0 aromatic carbocycles. The second kappa shape index (κ2) is 5.36. The summed E-state index contributed by atoms with van der Waals surface area (Å²) in [6.07, 6.45) is 8.72. The second-order valence-electron chi connectivity index (χ2n) is 3.53. The number of aromatic amines is 1. The van der Waals surface area contributed by atoms with Crippen LogP contribution in [0.3, 0.4) is 0 Å². The summed E-state index contributed by atoms with van der Waals surface area (Å²) in [7, 11) is 0. The summed E-state index contributed by atoms with van der Waals surface area (Å²) in [6.45, 7) is 2.96. The van der Waals surface area contributed by atoms with Gasteiger partial charge in [-0.3, -0.25) is 0 Å². The first kappa shape index (κ1) is 9.98. The van der Waals surface area contributed by atoms with Crippen LogP contribution in [0.15, 0.2) is 37.1 Å². The van der Waals surface area contributed by atoms with E-state index in [0.29, 0.717) is 0 Å². The summed E-state index contributed by atoms with van der Waals surface area (Å²) in [6, 6.07) is 4.10. The maximum absolute atomic E-state index is 4.00. The van der Waals surface area contributed by atoms with Gasteiger partial charge in [-0.1, -0.05) is 0 Å². The quantitative estimate of drug-likeness (QED) is 0.698. The highest BCUT2D eigenvalue weighted by Gasteiger charge is 1.92. The first-order chi connectivity index (χ1) is 7.45. The Bertz CT molecular complexity index is 314. The number of aromatic nitrogens is 3. The molecule has 2 N–H and O–H groups in total. The fourth-order valence-corrected chi connectivity index (χ4v) is 1.51. The third-order valence-electron chi connectivity index (χ3n) is 2.31. The Kier molecular flexibility index (Phi) is 3.57. The Hall–Kier alpha value is -1.55. The lowest BCUT2D eigenvalue weighted by molar-refractivity contribution is 0.577. The number of rotatable bonds is 6. The molecule has 0 spiro atoms. The number of nitrogens with one attached hydrogen (secondary N) is 2. The summed E-state index contributed by atoms with van der Waals surface area (Å²) in [5, 5.41) is 3.39. The number of nitrogens with zero attached hydrogens (tertiary/aromatic N) is 2. The van der Waals surface area contributed by atoms with Crippen molar-refractivity contribution in [3.8, 4) is 0 Å². The summed E-state index contributed by atoms with van der Waals surface area (Å²) >= 11 is 0. The van der Waals surface area contributed by atoms with E-state index in [4.69, 9.17) is 0 Å². The SMILES string of the molecule is c1c[nH]c(CNCCCn2ccnc2)c1. The molecule has 0 saturated carbocycles. The predicted molar refractivity (Wildman–Crippen MR) is 59.3 cm³/mol. The van der Waals surface area contributed by atoms with Crippen LogP contribution < -0.4 is 5.32 Å². The molecule has 15 heavy (non-hydrogen) atoms. The van der Waals surface area contributed by atoms with E-state index in [1.165, 1.54) is 5.69 Å². The summed E-state index contributed by atoms with van der Waals surface area (Å²) in [5.74, 6) is 0. The molecule has 0 aliphatic rings. The first-order valence-corrected chi connectivity index (χ1v) is 5.24. The van der Waals surface area contributed by atoms with Gasteiger partial charge in [0.05, 0.1) is 6.33 Å². The molecule has 0 aliphatic carbocycles. The van der Waals surface area contributed by atoms with Gasteiger partial charge in [0.15, 0.2) is 0 Å². The average Bonchev–Trinajstić information content (AvgIpc) is 2.88. The number of aryl methyl sites for hydroxylation is 1. The molecular formula is C11H16N4. The van der Waals surface area contributed by atoms with Crippen LogP contribution in [-0.4, -0.2) is 21.1 Å². The first-order valence-electron chi connectivity index (χ1n) is 5.24. The summed E-state index contributed by atoms with van der Waals surface area (Å²) in [4.78, 5) is 7.16. The van der Waals surface area contributed by atoms with E-state index in [1.807, 2.05) is 31.0 Å². The van der Waals surface area contributed by atoms with E-state index in [2.05, 4.69) is 25.9 Å². The zero-order valence-electron chi connectivity index (χ0n) is 8.69. The van der Waals surface area contributed by atoms with Gasteiger partial charge < -0.3 is 14.9 Å². The van der Waals surface area contributed by atoms with Gasteiger partial charge in [-0.15, -0.1) is 0 Å². The molecule has 4 nitrogen and oxygen atoms in total. The summed E-state index contributed by atoms with van der Waals surface area (Å²) < 4.78 is 2.09. The molecular weight excluding hydrogens is 188 g/mol. The van der Waals surface area contributed by atoms with E-state index in [0.717, 1.165) is 26.1 Å². The van der Waals surface area contributed by atoms with Gasteiger partial charge in [0, 0.05) is 37.4 Å². The minimum absolute atomic E-state index is 0.914. The van der Waals surface area contributed by atoms with Gasteiger partial charge in [-0.2, -0.15) is 0 Å². The van der Waals surface area contributed by atoms with E-state index < -0.39 is 0 Å². The number of imidazole rings is 1. The third kappa shape index (κ3) is 3.25. The van der Waals surface area contributed by atoms with Crippen LogP contribution in [0.4, 0.5) is 0 Å². The average molecular weight is 204 g/mol. The second-order valence-corrected chi connectivity index (χ2v) is 3.53. The largest absolute Gasteiger partial charge is 0.364 e. The molecule has 0 atom stereocenters. The highest BCUT2D eigenvalue weighted by molar-refractivity contribution is 5.02. The monoisotopic (exact) mass is 204 g/mol. The van der Waals surface area contributed by atoms with Crippen LogP contribution in [0.5, 0.6) is 0 Å². The van der Waals surface area contributed by atoms with Gasteiger partial charge in [0.1, 0.15) is 0 Å². The molecule has 4 heteroatoms. The highest BCUT2D eigenvalue weighted by Crippen LogP contribution is 1.93. The molecule has 2 aromatic rings. The smallest absolute Gasteiger partial charge is 0.0945 e. The van der Waals surface area contributed by atoms with Crippen molar-refractivity contribution >= 4 is 0 Å². The van der Waals surface area contributed by atoms with E-state index >= 15 is 0 Å². The van der Waals surface area contributed by atoms with Crippen molar-refractivity contribution < 1.29 is 0 Å². The maximum Gasteiger partial charge on any atom is 0.0945 e. The molecule has 0 aliphatic heterocycles. The van der Waals surface area contributed by atoms with E-state index in [9.17, 15) is 0 Å². The molecule has 0 radical (unpaired) electrons. The number of hydrogen-bond acceptors (Lipinski definition) is 2. The van der Waals surface area contributed by atoms with Crippen LogP contribution >= 0.6 is 0 Å². The van der Waals surface area contributed by atoms with Crippen molar-refractivity contribution in [1.82, 2.24) is 19.9 Å². The molecule has 0 bridgehead atoms. The van der Waals surface area contributed by atoms with Gasteiger partial charge in [0.2, 0.25) is 0 Å². The molecule has 0 amide bonds. The predicted octanol–water partition coefficient (Wildman–Crippen LogP) is 1.39. The lowest BCUT2D eigenvalue weighted by atomic mass is 10.4. The lowest BCUT2D eigenvalue weighted by Crippen LogP contribution is -2.16. The van der Waals surface area contributed by atoms with E-state index in [1.54, 1.807) is 0 Å². The zero-order valence-corrected chi connectivity index (χ0v) is 8.69. The number of H-pyrrole nitrogens is 1. The molecule has 2 rings (SSSR count). The number of hydrogen-bond donors (Lipinski definition) is 2. The van der Waals surface area contributed by atoms with Gasteiger partial charge >= 0.3 is 0 Å². The maximum atomic E-state index is 4.00. The molecule has 0 unspecified atom stereocenters. The standard InChI is InChI=1S/C11H16N4/c1-3-11(14-5-1)9-12-4-2-7-15-8-6-13-10-15/h1,3,5-6,8,10,12,14H,2,4,7,9H2. The minimum Gasteiger partial charge on any atom is -0.364 e. The van der Waals surface area contributed by atoms with Crippen molar-refractivity contribution in [2.45, 2.75) is 19.5 Å². The van der Waals surface area contributed by atoms with Crippen molar-refractivity contribution in [2.75, 3.05) is 6.54 Å². The van der Waals surface area contributed by atoms with Crippen LogP contribution in [0.2, 0.25) is 0 Å². The Balaban J connectivity index is 1.56. The summed E-state index contributed by atoms with van der Waals surface area (Å²) in [5.41, 5.74) is 1.23. The Morgan fingerprint density at radius 1 is 1.47 bits per heavy atom. The molecule has 0 saturated heterocycles. The van der Waals surface area contributed by atoms with Gasteiger partial charge in [-0.25, -0.2) is 4.98 Å². The van der Waals surface area contributed by atoms with Crippen molar-refractivity contribution in [1.29, 1.82) is 0 Å². The molecule has 80 valence electrons. The molecule has 0 fully saturated rings. The fraction of sp³-hybridized carbons (Fsp3) is 0.364. The van der Waals surface area contributed by atoms with E-state index in [-0.39, 0.29) is 0 Å². The van der Waals surface area contributed by atoms with Crippen LogP contribution in [-0.2, 0) is 13.1 Å². The Morgan fingerprint density at radius 3 is 3.20 bits per heavy atom. The van der Waals surface area contributed by atoms with Crippen LogP contribution in [0, 0.1) is 0 Å². The highest BCUT2D eigenvalue weighted by atomic mass is 15.0. The minimum atomic E-state index is 0.914. The van der Waals surface area contributed by atoms with Gasteiger partial charge in [-0.05, 0) is 25.1 Å². The Morgan fingerprint density at radius 2 is 2.47 bits per heavy atom. The fourth-order valence-electron chi connectivity index (χ4n) is 1.51. The topological polar surface area (TPSA) is 45.6 Å². The van der Waals surface area contributed by atoms with Crippen molar-refractivity contribution in [3.05, 3.63) is 42.7 Å². The van der Waals surface area contributed by atoms with Crippen LogP contribution in [0.1, 0.15) is 12.1 Å². The van der Waals surface area contributed by atoms with Gasteiger partial charge in [0.25, 0.3) is 0 Å².